The number of carbonyl (C=O) groups excluding carboxylic acids is 1. The van der Waals surface area contributed by atoms with Crippen LogP contribution in [0, 0.1) is 5.41 Å². The number of anilines is 1. The third-order valence-electron chi connectivity index (χ3n) is 6.19. The van der Waals surface area contributed by atoms with E-state index in [9.17, 15) is 4.79 Å². The number of hydrogen-bond acceptors (Lipinski definition) is 6. The second-order valence-electron chi connectivity index (χ2n) is 10.7. The fourth-order valence-corrected chi connectivity index (χ4v) is 4.10. The van der Waals surface area contributed by atoms with E-state index >= 15 is 0 Å². The van der Waals surface area contributed by atoms with Crippen molar-refractivity contribution in [1.29, 1.82) is 0 Å². The van der Waals surface area contributed by atoms with Crippen LogP contribution >= 0.6 is 0 Å². The third kappa shape index (κ3) is 7.99. The summed E-state index contributed by atoms with van der Waals surface area (Å²) in [7, 11) is 3.27. The van der Waals surface area contributed by atoms with Gasteiger partial charge in [0.1, 0.15) is 24.7 Å². The van der Waals surface area contributed by atoms with Crippen molar-refractivity contribution in [3.63, 3.8) is 0 Å². The van der Waals surface area contributed by atoms with Gasteiger partial charge in [0.2, 0.25) is 0 Å². The summed E-state index contributed by atoms with van der Waals surface area (Å²) in [5.74, 6) is 2.33. The molecule has 0 unspecified atom stereocenters. The van der Waals surface area contributed by atoms with Crippen LogP contribution in [0.1, 0.15) is 47.8 Å². The number of carbonyl (C=O) groups is 1. The second-order valence-corrected chi connectivity index (χ2v) is 10.7. The minimum atomic E-state index is -0.239. The average Bonchev–Trinajstić information content (AvgIpc) is 2.96. The number of pyridine rings is 1. The molecule has 7 nitrogen and oxygen atoms in total. The van der Waals surface area contributed by atoms with Gasteiger partial charge in [0.25, 0.3) is 5.91 Å². The number of rotatable bonds is 11. The van der Waals surface area contributed by atoms with Crippen LogP contribution in [-0.2, 0) is 19.6 Å². The van der Waals surface area contributed by atoms with Gasteiger partial charge >= 0.3 is 0 Å². The number of methoxy groups -OCH3 is 2. The fourth-order valence-electron chi connectivity index (χ4n) is 4.10. The van der Waals surface area contributed by atoms with Crippen molar-refractivity contribution in [1.82, 2.24) is 4.98 Å². The molecule has 0 fully saturated rings. The van der Waals surface area contributed by atoms with Crippen LogP contribution in [0.3, 0.4) is 0 Å². The Labute approximate surface area is 236 Å². The molecular weight excluding hydrogens is 504 g/mol. The number of aromatic nitrogens is 1. The maximum atomic E-state index is 13.3. The lowest BCUT2D eigenvalue weighted by molar-refractivity contribution is 0.102. The van der Waals surface area contributed by atoms with Crippen LogP contribution in [0.25, 0.3) is 0 Å². The molecule has 0 saturated heterocycles. The van der Waals surface area contributed by atoms with E-state index < -0.39 is 0 Å². The zero-order valence-corrected chi connectivity index (χ0v) is 23.7. The molecule has 0 atom stereocenters. The lowest BCUT2D eigenvalue weighted by Crippen LogP contribution is -2.16. The highest BCUT2D eigenvalue weighted by Crippen LogP contribution is 2.31. The van der Waals surface area contributed by atoms with Crippen LogP contribution < -0.4 is 24.3 Å². The minimum Gasteiger partial charge on any atom is -0.497 e. The van der Waals surface area contributed by atoms with Gasteiger partial charge in [-0.1, -0.05) is 45.0 Å². The van der Waals surface area contributed by atoms with E-state index in [4.69, 9.17) is 18.9 Å². The van der Waals surface area contributed by atoms with E-state index in [1.54, 1.807) is 44.8 Å². The molecule has 4 aromatic rings. The molecule has 1 heterocycles. The monoisotopic (exact) mass is 540 g/mol. The first-order valence-electron chi connectivity index (χ1n) is 13.1. The maximum Gasteiger partial charge on any atom is 0.255 e. The predicted octanol–water partition coefficient (Wildman–Crippen LogP) is 7.10. The largest absolute Gasteiger partial charge is 0.497 e. The smallest absolute Gasteiger partial charge is 0.255 e. The molecule has 0 spiro atoms. The molecule has 40 heavy (non-hydrogen) atoms. The van der Waals surface area contributed by atoms with Crippen molar-refractivity contribution >= 4 is 11.6 Å². The summed E-state index contributed by atoms with van der Waals surface area (Å²) >= 11 is 0. The first kappa shape index (κ1) is 28.5. The van der Waals surface area contributed by atoms with Crippen molar-refractivity contribution in [3.05, 3.63) is 107 Å². The zero-order valence-electron chi connectivity index (χ0n) is 23.7. The van der Waals surface area contributed by atoms with Crippen LogP contribution in [0.15, 0.2) is 85.2 Å². The Bertz CT molecular complexity index is 1410. The highest BCUT2D eigenvalue weighted by molar-refractivity contribution is 6.05. The summed E-state index contributed by atoms with van der Waals surface area (Å²) in [5.41, 5.74) is 4.18. The van der Waals surface area contributed by atoms with Gasteiger partial charge in [0.15, 0.2) is 11.5 Å². The maximum absolute atomic E-state index is 13.3. The molecule has 3 aromatic carbocycles. The Morgan fingerprint density at radius 1 is 0.775 bits per heavy atom. The molecule has 0 aliphatic rings. The van der Waals surface area contributed by atoms with Gasteiger partial charge in [0, 0.05) is 23.6 Å². The fraction of sp³-hybridized carbons (Fsp3) is 0.273. The number of nitrogens with one attached hydrogen (secondary N) is 1. The summed E-state index contributed by atoms with van der Waals surface area (Å²) in [6, 6.07) is 22.4. The second kappa shape index (κ2) is 13.0. The molecule has 0 bridgehead atoms. The van der Waals surface area contributed by atoms with E-state index in [-0.39, 0.29) is 11.3 Å². The normalized spacial score (nSPS) is 11.0. The molecule has 1 amide bonds. The Hall–Kier alpha value is -4.52. The number of hydrogen-bond donors (Lipinski definition) is 1. The topological polar surface area (TPSA) is 78.9 Å². The van der Waals surface area contributed by atoms with Crippen molar-refractivity contribution < 1.29 is 23.7 Å². The molecule has 208 valence electrons. The molecule has 0 radical (unpaired) electrons. The number of amides is 1. The van der Waals surface area contributed by atoms with Crippen molar-refractivity contribution in [2.45, 2.75) is 40.4 Å². The van der Waals surface area contributed by atoms with Crippen molar-refractivity contribution in [2.75, 3.05) is 19.5 Å². The molecule has 1 N–H and O–H groups in total. The summed E-state index contributed by atoms with van der Waals surface area (Å²) in [6.45, 7) is 7.10. The Morgan fingerprint density at radius 3 is 1.90 bits per heavy atom. The first-order chi connectivity index (χ1) is 19.2. The first-order valence-corrected chi connectivity index (χ1v) is 13.1. The Kier molecular flexibility index (Phi) is 9.27. The van der Waals surface area contributed by atoms with Crippen LogP contribution in [-0.4, -0.2) is 25.1 Å². The van der Waals surface area contributed by atoms with Crippen LogP contribution in [0.2, 0.25) is 0 Å². The van der Waals surface area contributed by atoms with E-state index in [0.29, 0.717) is 30.3 Å². The number of ether oxygens (including phenoxy) is 4. The molecular formula is C33H36N2O5. The van der Waals surface area contributed by atoms with Gasteiger partial charge in [-0.15, -0.1) is 0 Å². The van der Waals surface area contributed by atoms with E-state index in [0.717, 1.165) is 40.3 Å². The highest BCUT2D eigenvalue weighted by Gasteiger charge is 2.17. The van der Waals surface area contributed by atoms with Crippen LogP contribution in [0.4, 0.5) is 5.69 Å². The van der Waals surface area contributed by atoms with E-state index in [2.05, 4.69) is 31.1 Å². The molecule has 0 aliphatic carbocycles. The standard InChI is InChI=1S/C33H36N2O5/c1-33(2,3)19-26-20-34-17-16-29(26)35-32(36)25-10-15-30(39-21-23-6-11-27(37-4)12-7-23)31(18-25)40-22-24-8-13-28(38-5)14-9-24/h6-18,20H,19,21-22H2,1-5H3,(H,34,35,36). The highest BCUT2D eigenvalue weighted by atomic mass is 16.5. The molecule has 0 saturated carbocycles. The summed E-state index contributed by atoms with van der Waals surface area (Å²) < 4.78 is 22.8. The molecule has 4 rings (SSSR count). The van der Waals surface area contributed by atoms with Gasteiger partial charge < -0.3 is 24.3 Å². The SMILES string of the molecule is COc1ccc(COc2ccc(C(=O)Nc3ccncc3CC(C)(C)C)cc2OCc2ccc(OC)cc2)cc1. The molecule has 7 heteroatoms. The van der Waals surface area contributed by atoms with E-state index in [1.165, 1.54) is 0 Å². The Morgan fingerprint density at radius 2 is 1.35 bits per heavy atom. The quantitative estimate of drug-likeness (QED) is 0.219. The lowest BCUT2D eigenvalue weighted by Gasteiger charge is -2.20. The van der Waals surface area contributed by atoms with Gasteiger partial charge in [-0.3, -0.25) is 9.78 Å². The van der Waals surface area contributed by atoms with Gasteiger partial charge in [-0.05, 0) is 77.1 Å². The minimum absolute atomic E-state index is 0.0495. The molecule has 0 aliphatic heterocycles. The van der Waals surface area contributed by atoms with Crippen LogP contribution in [0.5, 0.6) is 23.0 Å². The van der Waals surface area contributed by atoms with E-state index in [1.807, 2.05) is 54.6 Å². The number of benzene rings is 3. The zero-order chi connectivity index (χ0) is 28.5. The molecule has 1 aromatic heterocycles. The summed E-state index contributed by atoms with van der Waals surface area (Å²) in [6.07, 6.45) is 4.27. The van der Waals surface area contributed by atoms with Gasteiger partial charge in [-0.2, -0.15) is 0 Å². The predicted molar refractivity (Wildman–Crippen MR) is 156 cm³/mol. The van der Waals surface area contributed by atoms with Gasteiger partial charge in [-0.25, -0.2) is 0 Å². The third-order valence-corrected chi connectivity index (χ3v) is 6.19. The van der Waals surface area contributed by atoms with Crippen molar-refractivity contribution in [3.8, 4) is 23.0 Å². The Balaban J connectivity index is 1.55. The summed E-state index contributed by atoms with van der Waals surface area (Å²) in [5, 5.41) is 3.05. The number of nitrogens with zero attached hydrogens (tertiary/aromatic N) is 1. The van der Waals surface area contributed by atoms with Gasteiger partial charge in [0.05, 0.1) is 14.2 Å². The summed E-state index contributed by atoms with van der Waals surface area (Å²) in [4.78, 5) is 17.6. The lowest BCUT2D eigenvalue weighted by atomic mass is 9.88. The average molecular weight is 541 g/mol. The van der Waals surface area contributed by atoms with Crippen molar-refractivity contribution in [2.24, 2.45) is 5.41 Å².